The number of benzene rings is 1. The van der Waals surface area contributed by atoms with E-state index in [4.69, 9.17) is 22.4 Å². The molecule has 8 heteroatoms. The zero-order chi connectivity index (χ0) is 12.5. The van der Waals surface area contributed by atoms with Gasteiger partial charge < -0.3 is 10.8 Å². The molecule has 3 N–H and O–H groups in total. The van der Waals surface area contributed by atoms with Gasteiger partial charge >= 0.3 is 6.18 Å². The maximum absolute atomic E-state index is 13.2. The molecular weight excluding hydrogens is 285 g/mol. The molecule has 0 spiro atoms. The first-order valence-corrected chi connectivity index (χ1v) is 4.56. The van der Waals surface area contributed by atoms with Crippen LogP contribution in [0.25, 0.3) is 0 Å². The maximum Gasteiger partial charge on any atom is 0.416 e. The van der Waals surface area contributed by atoms with E-state index in [0.29, 0.717) is 0 Å². The number of aliphatic hydroxyl groups is 1. The lowest BCUT2D eigenvalue weighted by Crippen LogP contribution is -2.39. The number of halogens is 6. The van der Waals surface area contributed by atoms with Gasteiger partial charge in [-0.25, -0.2) is 4.39 Å². The summed E-state index contributed by atoms with van der Waals surface area (Å²) in [5.41, 5.74) is 4.65. The van der Waals surface area contributed by atoms with Gasteiger partial charge in [-0.05, 0) is 18.2 Å². The molecule has 0 aromatic heterocycles. The molecule has 1 aromatic carbocycles. The summed E-state index contributed by atoms with van der Waals surface area (Å²) in [5.74, 6) is -0.944. The van der Waals surface area contributed by atoms with E-state index in [2.05, 4.69) is 0 Å². The monoisotopic (exact) mass is 293 g/mol. The normalized spacial score (nSPS) is 15.0. The summed E-state index contributed by atoms with van der Waals surface area (Å²) in [6, 6.07) is 1.11. The van der Waals surface area contributed by atoms with Crippen molar-refractivity contribution in [3.8, 4) is 0 Å². The molecule has 0 fully saturated rings. The first-order chi connectivity index (χ1) is 7.23. The number of hydrogen-bond acceptors (Lipinski definition) is 2. The minimum atomic E-state index is -4.91. The highest BCUT2D eigenvalue weighted by Gasteiger charge is 2.43. The molecule has 0 aliphatic rings. The van der Waals surface area contributed by atoms with Crippen molar-refractivity contribution in [3.05, 3.63) is 34.6 Å². The lowest BCUT2D eigenvalue weighted by atomic mass is 10.0. The van der Waals surface area contributed by atoms with E-state index in [0.717, 1.165) is 12.1 Å². The fourth-order valence-electron chi connectivity index (χ4n) is 1.14. The second-order valence-electron chi connectivity index (χ2n) is 3.18. The molecule has 0 unspecified atom stereocenters. The Bertz CT molecular complexity index is 386. The Hall–Kier alpha value is -0.560. The Labute approximate surface area is 106 Å². The zero-order valence-electron chi connectivity index (χ0n) is 8.21. The molecule has 2 nitrogen and oxygen atoms in total. The van der Waals surface area contributed by atoms with Gasteiger partial charge in [0.25, 0.3) is 0 Å². The summed E-state index contributed by atoms with van der Waals surface area (Å²) < 4.78 is 49.5. The van der Waals surface area contributed by atoms with Gasteiger partial charge in [0.05, 0.1) is 6.04 Å². The van der Waals surface area contributed by atoms with Gasteiger partial charge in [0, 0.05) is 10.6 Å². The molecule has 1 rings (SSSR count). The number of nitrogens with two attached hydrogens (primary N) is 1. The van der Waals surface area contributed by atoms with Crippen LogP contribution in [0, 0.1) is 5.82 Å². The molecule has 0 amide bonds. The van der Waals surface area contributed by atoms with Crippen molar-refractivity contribution in [2.75, 3.05) is 0 Å². The van der Waals surface area contributed by atoms with Crippen LogP contribution in [0.2, 0.25) is 5.02 Å². The fraction of sp³-hybridized carbons (Fsp3) is 0.333. The van der Waals surface area contributed by atoms with Gasteiger partial charge in [0.15, 0.2) is 6.10 Å². The molecule has 1 aromatic rings. The molecule has 0 saturated heterocycles. The topological polar surface area (TPSA) is 46.2 Å². The first kappa shape index (κ1) is 16.4. The Morgan fingerprint density at radius 3 is 2.29 bits per heavy atom. The van der Waals surface area contributed by atoms with Crippen LogP contribution >= 0.6 is 24.0 Å². The van der Waals surface area contributed by atoms with E-state index in [1.807, 2.05) is 0 Å². The van der Waals surface area contributed by atoms with Crippen molar-refractivity contribution in [3.63, 3.8) is 0 Å². The van der Waals surface area contributed by atoms with Crippen LogP contribution in [-0.2, 0) is 0 Å². The second kappa shape index (κ2) is 5.86. The Morgan fingerprint density at radius 2 is 1.82 bits per heavy atom. The standard InChI is InChI=1S/C9H8ClF4NO.ClH/c10-4-1-2-6(11)5(3-4)7(15)8(16)9(12,13)14;/h1-3,7-8,16H,15H2;1H/t7-,8-;/m0./s1. The van der Waals surface area contributed by atoms with Crippen molar-refractivity contribution in [1.82, 2.24) is 0 Å². The zero-order valence-corrected chi connectivity index (χ0v) is 9.78. The number of aliphatic hydroxyl groups excluding tert-OH is 1. The quantitative estimate of drug-likeness (QED) is 0.824. The molecule has 0 heterocycles. The van der Waals surface area contributed by atoms with Gasteiger partial charge in [-0.1, -0.05) is 11.6 Å². The maximum atomic E-state index is 13.2. The van der Waals surface area contributed by atoms with E-state index < -0.39 is 29.7 Å². The van der Waals surface area contributed by atoms with Crippen molar-refractivity contribution < 1.29 is 22.7 Å². The summed E-state index contributed by atoms with van der Waals surface area (Å²) in [4.78, 5) is 0. The molecule has 0 saturated carbocycles. The van der Waals surface area contributed by atoms with Gasteiger partial charge in [0.2, 0.25) is 0 Å². The second-order valence-corrected chi connectivity index (χ2v) is 3.61. The third-order valence-corrected chi connectivity index (χ3v) is 2.23. The van der Waals surface area contributed by atoms with Crippen LogP contribution < -0.4 is 5.73 Å². The summed E-state index contributed by atoms with van der Waals surface area (Å²) >= 11 is 5.49. The van der Waals surface area contributed by atoms with E-state index in [9.17, 15) is 17.6 Å². The smallest absolute Gasteiger partial charge is 0.382 e. The molecule has 0 bridgehead atoms. The minimum Gasteiger partial charge on any atom is -0.382 e. The van der Waals surface area contributed by atoms with Crippen molar-refractivity contribution in [1.29, 1.82) is 0 Å². The lowest BCUT2D eigenvalue weighted by Gasteiger charge is -2.22. The van der Waals surface area contributed by atoms with E-state index in [1.54, 1.807) is 0 Å². The van der Waals surface area contributed by atoms with Crippen LogP contribution in [-0.4, -0.2) is 17.4 Å². The lowest BCUT2D eigenvalue weighted by molar-refractivity contribution is -0.210. The van der Waals surface area contributed by atoms with E-state index in [-0.39, 0.29) is 17.4 Å². The fourth-order valence-corrected chi connectivity index (χ4v) is 1.32. The Balaban J connectivity index is 0.00000256. The molecule has 0 aliphatic heterocycles. The Morgan fingerprint density at radius 1 is 1.29 bits per heavy atom. The van der Waals surface area contributed by atoms with Crippen molar-refractivity contribution in [2.45, 2.75) is 18.3 Å². The third kappa shape index (κ3) is 3.99. The predicted molar refractivity (Wildman–Crippen MR) is 57.6 cm³/mol. The highest BCUT2D eigenvalue weighted by molar-refractivity contribution is 6.30. The SMILES string of the molecule is Cl.N[C@@H](c1cc(Cl)ccc1F)[C@H](O)C(F)(F)F. The average molecular weight is 294 g/mol. The molecule has 0 aliphatic carbocycles. The minimum absolute atomic E-state index is 0. The summed E-state index contributed by atoms with van der Waals surface area (Å²) in [6.45, 7) is 0. The van der Waals surface area contributed by atoms with Crippen molar-refractivity contribution >= 4 is 24.0 Å². The molecule has 2 atom stereocenters. The number of rotatable bonds is 2. The van der Waals surface area contributed by atoms with Gasteiger partial charge in [-0.15, -0.1) is 12.4 Å². The average Bonchev–Trinajstić information content (AvgIpc) is 2.18. The van der Waals surface area contributed by atoms with Crippen LogP contribution in [0.5, 0.6) is 0 Å². The third-order valence-electron chi connectivity index (χ3n) is 1.99. The van der Waals surface area contributed by atoms with E-state index in [1.165, 1.54) is 6.07 Å². The molecule has 0 radical (unpaired) electrons. The van der Waals surface area contributed by atoms with Crippen molar-refractivity contribution in [2.24, 2.45) is 5.73 Å². The van der Waals surface area contributed by atoms with Gasteiger partial charge in [-0.3, -0.25) is 0 Å². The molecule has 17 heavy (non-hydrogen) atoms. The van der Waals surface area contributed by atoms with Crippen LogP contribution in [0.4, 0.5) is 17.6 Å². The predicted octanol–water partition coefficient (Wildman–Crippen LogP) is 2.82. The number of hydrogen-bond donors (Lipinski definition) is 2. The van der Waals surface area contributed by atoms with Gasteiger partial charge in [0.1, 0.15) is 5.82 Å². The number of alkyl halides is 3. The highest BCUT2D eigenvalue weighted by Crippen LogP contribution is 2.30. The van der Waals surface area contributed by atoms with Crippen LogP contribution in [0.3, 0.4) is 0 Å². The summed E-state index contributed by atoms with van der Waals surface area (Å²) in [6.07, 6.45) is -7.74. The molecular formula is C9H9Cl2F4NO. The highest BCUT2D eigenvalue weighted by atomic mass is 35.5. The van der Waals surface area contributed by atoms with Crippen LogP contribution in [0.1, 0.15) is 11.6 Å². The Kier molecular flexibility index (Phi) is 5.67. The first-order valence-electron chi connectivity index (χ1n) is 4.19. The van der Waals surface area contributed by atoms with Crippen LogP contribution in [0.15, 0.2) is 18.2 Å². The molecule has 98 valence electrons. The van der Waals surface area contributed by atoms with E-state index >= 15 is 0 Å². The van der Waals surface area contributed by atoms with Gasteiger partial charge in [-0.2, -0.15) is 13.2 Å². The largest absolute Gasteiger partial charge is 0.416 e. The summed E-state index contributed by atoms with van der Waals surface area (Å²) in [7, 11) is 0. The summed E-state index contributed by atoms with van der Waals surface area (Å²) in [5, 5.41) is 8.91.